The summed E-state index contributed by atoms with van der Waals surface area (Å²) in [5, 5.41) is 3.95. The molecule has 1 rings (SSSR count). The summed E-state index contributed by atoms with van der Waals surface area (Å²) in [6.45, 7) is 1.93. The lowest BCUT2D eigenvalue weighted by atomic mass is 10.3. The first-order chi connectivity index (χ1) is 8.65. The molecule has 0 saturated carbocycles. The number of rotatable bonds is 8. The predicted molar refractivity (Wildman–Crippen MR) is 64.8 cm³/mol. The van der Waals surface area contributed by atoms with Crippen LogP contribution in [0.3, 0.4) is 0 Å². The van der Waals surface area contributed by atoms with Crippen LogP contribution in [0.15, 0.2) is 10.6 Å². The molecule has 0 amide bonds. The fraction of sp³-hybridized carbons (Fsp3) is 0.667. The summed E-state index contributed by atoms with van der Waals surface area (Å²) in [5.41, 5.74) is 0.864. The van der Waals surface area contributed by atoms with E-state index in [1.807, 2.05) is 13.1 Å². The summed E-state index contributed by atoms with van der Waals surface area (Å²) in [6, 6.07) is 1.88. The van der Waals surface area contributed by atoms with Crippen LogP contribution in [0.4, 0.5) is 0 Å². The fourth-order valence-electron chi connectivity index (χ4n) is 1.59. The largest absolute Gasteiger partial charge is 0.469 e. The monoisotopic (exact) mass is 256 g/mol. The van der Waals surface area contributed by atoms with E-state index in [1.165, 1.54) is 7.11 Å². The Labute approximate surface area is 107 Å². The van der Waals surface area contributed by atoms with Crippen molar-refractivity contribution in [2.24, 2.45) is 0 Å². The molecule has 0 bridgehead atoms. The van der Waals surface area contributed by atoms with Crippen LogP contribution in [-0.4, -0.2) is 43.8 Å². The minimum atomic E-state index is -0.174. The van der Waals surface area contributed by atoms with E-state index in [1.54, 1.807) is 7.11 Å². The van der Waals surface area contributed by atoms with Gasteiger partial charge in [-0.25, -0.2) is 0 Å². The maximum atomic E-state index is 10.9. The number of esters is 1. The molecule has 0 aliphatic carbocycles. The number of ether oxygens (including phenoxy) is 2. The van der Waals surface area contributed by atoms with Gasteiger partial charge in [-0.2, -0.15) is 0 Å². The summed E-state index contributed by atoms with van der Waals surface area (Å²) >= 11 is 0. The second-order valence-electron chi connectivity index (χ2n) is 4.14. The third kappa shape index (κ3) is 5.29. The number of aromatic nitrogens is 1. The van der Waals surface area contributed by atoms with Gasteiger partial charge in [0.05, 0.1) is 12.8 Å². The van der Waals surface area contributed by atoms with E-state index >= 15 is 0 Å². The molecule has 0 unspecified atom stereocenters. The van der Waals surface area contributed by atoms with Gasteiger partial charge in [0.25, 0.3) is 0 Å². The van der Waals surface area contributed by atoms with E-state index in [0.717, 1.165) is 24.4 Å². The molecule has 0 atom stereocenters. The number of carbonyl (C=O) groups is 1. The molecule has 0 aliphatic heterocycles. The smallest absolute Gasteiger partial charge is 0.305 e. The van der Waals surface area contributed by atoms with Crippen LogP contribution in [0, 0.1) is 0 Å². The number of carbonyl (C=O) groups excluding carboxylic acids is 1. The molecule has 1 aromatic rings. The minimum absolute atomic E-state index is 0.174. The fourth-order valence-corrected chi connectivity index (χ4v) is 1.59. The van der Waals surface area contributed by atoms with Gasteiger partial charge in [-0.3, -0.25) is 4.79 Å². The maximum Gasteiger partial charge on any atom is 0.305 e. The Morgan fingerprint density at radius 2 is 2.28 bits per heavy atom. The van der Waals surface area contributed by atoms with Crippen LogP contribution in [0.25, 0.3) is 0 Å². The highest BCUT2D eigenvalue weighted by Crippen LogP contribution is 2.07. The number of hydrogen-bond acceptors (Lipinski definition) is 6. The molecular formula is C12H20N2O4. The summed E-state index contributed by atoms with van der Waals surface area (Å²) in [7, 11) is 4.99. The minimum Gasteiger partial charge on any atom is -0.469 e. The van der Waals surface area contributed by atoms with Crippen LogP contribution < -0.4 is 0 Å². The van der Waals surface area contributed by atoms with Crippen LogP contribution >= 0.6 is 0 Å². The molecule has 6 heteroatoms. The van der Waals surface area contributed by atoms with Gasteiger partial charge in [0.1, 0.15) is 6.61 Å². The molecule has 1 heterocycles. The van der Waals surface area contributed by atoms with Gasteiger partial charge in [0.2, 0.25) is 0 Å². The molecule has 102 valence electrons. The van der Waals surface area contributed by atoms with Gasteiger partial charge >= 0.3 is 5.97 Å². The summed E-state index contributed by atoms with van der Waals surface area (Å²) in [4.78, 5) is 13.0. The zero-order chi connectivity index (χ0) is 13.4. The van der Waals surface area contributed by atoms with Gasteiger partial charge in [-0.1, -0.05) is 5.16 Å². The number of nitrogens with zero attached hydrogens (tertiary/aromatic N) is 2. The van der Waals surface area contributed by atoms with Crippen molar-refractivity contribution in [1.82, 2.24) is 10.1 Å². The van der Waals surface area contributed by atoms with Crippen molar-refractivity contribution < 1.29 is 18.8 Å². The van der Waals surface area contributed by atoms with E-state index in [2.05, 4.69) is 14.8 Å². The van der Waals surface area contributed by atoms with Crippen molar-refractivity contribution in [3.05, 3.63) is 17.5 Å². The van der Waals surface area contributed by atoms with Crippen molar-refractivity contribution in [2.75, 3.05) is 27.8 Å². The first-order valence-corrected chi connectivity index (χ1v) is 5.84. The normalized spacial score (nSPS) is 10.9. The number of hydrogen-bond donors (Lipinski definition) is 0. The Morgan fingerprint density at radius 3 is 2.94 bits per heavy atom. The Morgan fingerprint density at radius 1 is 1.50 bits per heavy atom. The van der Waals surface area contributed by atoms with Crippen LogP contribution in [0.5, 0.6) is 0 Å². The topological polar surface area (TPSA) is 64.8 Å². The summed E-state index contributed by atoms with van der Waals surface area (Å²) in [5.74, 6) is 0.544. The first-order valence-electron chi connectivity index (χ1n) is 5.84. The van der Waals surface area contributed by atoms with Gasteiger partial charge in [0, 0.05) is 26.1 Å². The van der Waals surface area contributed by atoms with E-state index in [0.29, 0.717) is 19.6 Å². The second kappa shape index (κ2) is 7.84. The summed E-state index contributed by atoms with van der Waals surface area (Å²) < 4.78 is 14.6. The van der Waals surface area contributed by atoms with E-state index in [4.69, 9.17) is 9.26 Å². The average molecular weight is 256 g/mol. The highest BCUT2D eigenvalue weighted by atomic mass is 16.5. The van der Waals surface area contributed by atoms with Gasteiger partial charge in [-0.15, -0.1) is 0 Å². The quantitative estimate of drug-likeness (QED) is 0.651. The number of methoxy groups -OCH3 is 2. The van der Waals surface area contributed by atoms with Crippen LogP contribution in [-0.2, 0) is 27.4 Å². The lowest BCUT2D eigenvalue weighted by molar-refractivity contribution is -0.140. The molecule has 0 radical (unpaired) electrons. The molecule has 6 nitrogen and oxygen atoms in total. The molecule has 0 spiro atoms. The molecule has 0 aromatic carbocycles. The van der Waals surface area contributed by atoms with Crippen LogP contribution in [0.2, 0.25) is 0 Å². The zero-order valence-electron chi connectivity index (χ0n) is 11.1. The van der Waals surface area contributed by atoms with Crippen LogP contribution in [0.1, 0.15) is 24.3 Å². The molecule has 0 N–H and O–H groups in total. The zero-order valence-corrected chi connectivity index (χ0v) is 11.1. The van der Waals surface area contributed by atoms with E-state index < -0.39 is 0 Å². The molecule has 1 aromatic heterocycles. The molecule has 0 fully saturated rings. The summed E-state index contributed by atoms with van der Waals surface area (Å²) in [6.07, 6.45) is 1.21. The van der Waals surface area contributed by atoms with Crippen molar-refractivity contribution in [1.29, 1.82) is 0 Å². The highest BCUT2D eigenvalue weighted by Gasteiger charge is 2.08. The SMILES string of the molecule is COCc1cc(CN(C)CCCC(=O)OC)no1. The van der Waals surface area contributed by atoms with Crippen molar-refractivity contribution in [3.63, 3.8) is 0 Å². The molecular weight excluding hydrogens is 236 g/mol. The Hall–Kier alpha value is -1.40. The van der Waals surface area contributed by atoms with Gasteiger partial charge in [-0.05, 0) is 20.0 Å². The first kappa shape index (κ1) is 14.7. The third-order valence-corrected chi connectivity index (χ3v) is 2.47. The van der Waals surface area contributed by atoms with E-state index in [-0.39, 0.29) is 5.97 Å². The average Bonchev–Trinajstić information content (AvgIpc) is 2.76. The van der Waals surface area contributed by atoms with Crippen molar-refractivity contribution in [2.45, 2.75) is 26.0 Å². The second-order valence-corrected chi connectivity index (χ2v) is 4.14. The van der Waals surface area contributed by atoms with Crippen molar-refractivity contribution >= 4 is 5.97 Å². The van der Waals surface area contributed by atoms with Gasteiger partial charge in [0.15, 0.2) is 5.76 Å². The Bertz CT molecular complexity index is 365. The maximum absolute atomic E-state index is 10.9. The highest BCUT2D eigenvalue weighted by molar-refractivity contribution is 5.69. The molecule has 0 aliphatic rings. The third-order valence-electron chi connectivity index (χ3n) is 2.47. The lowest BCUT2D eigenvalue weighted by Gasteiger charge is -2.13. The Balaban J connectivity index is 2.26. The predicted octanol–water partition coefficient (Wildman–Crippen LogP) is 1.21. The van der Waals surface area contributed by atoms with Gasteiger partial charge < -0.3 is 18.9 Å². The van der Waals surface area contributed by atoms with E-state index in [9.17, 15) is 4.79 Å². The van der Waals surface area contributed by atoms with Crippen molar-refractivity contribution in [3.8, 4) is 0 Å². The Kier molecular flexibility index (Phi) is 6.38. The standard InChI is InChI=1S/C12H20N2O4/c1-14(6-4-5-12(15)17-3)8-10-7-11(9-16-2)18-13-10/h7H,4-6,8-9H2,1-3H3. The molecule has 18 heavy (non-hydrogen) atoms. The molecule has 0 saturated heterocycles. The lowest BCUT2D eigenvalue weighted by Crippen LogP contribution is -2.20.